The molecule has 0 bridgehead atoms. The molecule has 0 aromatic heterocycles. The third-order valence-corrected chi connectivity index (χ3v) is 9.81. The molecule has 2 unspecified atom stereocenters. The van der Waals surface area contributed by atoms with E-state index in [-0.39, 0.29) is 34.2 Å². The van der Waals surface area contributed by atoms with E-state index in [4.69, 9.17) is 18.9 Å². The fraction of sp³-hybridized carbons (Fsp3) is 0.444. The highest BCUT2D eigenvalue weighted by molar-refractivity contribution is 7.92. The molecular formula is C36H45N3O8S. The summed E-state index contributed by atoms with van der Waals surface area (Å²) in [4.78, 5) is 31.3. The maximum atomic E-state index is 14.3. The minimum absolute atomic E-state index is 0.00354. The number of esters is 1. The van der Waals surface area contributed by atoms with E-state index in [0.29, 0.717) is 42.7 Å². The van der Waals surface area contributed by atoms with Crippen LogP contribution in [0.1, 0.15) is 71.4 Å². The van der Waals surface area contributed by atoms with E-state index in [1.165, 1.54) is 12.1 Å². The molecule has 2 aliphatic rings. The Morgan fingerprint density at radius 3 is 2.44 bits per heavy atom. The number of nitrogens with zero attached hydrogens (tertiary/aromatic N) is 2. The van der Waals surface area contributed by atoms with Crippen LogP contribution in [0.2, 0.25) is 0 Å². The smallest absolute Gasteiger partial charge is 0.344 e. The van der Waals surface area contributed by atoms with Gasteiger partial charge < -0.3 is 28.7 Å². The summed E-state index contributed by atoms with van der Waals surface area (Å²) >= 11 is 0. The summed E-state index contributed by atoms with van der Waals surface area (Å²) in [5.74, 6) is 0.996. The van der Waals surface area contributed by atoms with Gasteiger partial charge in [-0.05, 0) is 96.1 Å². The van der Waals surface area contributed by atoms with E-state index in [1.54, 1.807) is 76.3 Å². The third-order valence-electron chi connectivity index (χ3n) is 8.38. The van der Waals surface area contributed by atoms with E-state index >= 15 is 0 Å². The molecule has 3 aromatic carbocycles. The number of hydrogen-bond acceptors (Lipinski definition) is 9. The van der Waals surface area contributed by atoms with Crippen LogP contribution in [0.5, 0.6) is 17.2 Å². The van der Waals surface area contributed by atoms with Crippen molar-refractivity contribution in [3.63, 3.8) is 0 Å². The number of fused-ring (bicyclic) bond motifs is 3. The van der Waals surface area contributed by atoms with E-state index in [9.17, 15) is 18.0 Å². The summed E-state index contributed by atoms with van der Waals surface area (Å²) in [5.41, 5.74) is 0.828. The lowest BCUT2D eigenvalue weighted by Crippen LogP contribution is -2.34. The van der Waals surface area contributed by atoms with Gasteiger partial charge in [0.1, 0.15) is 33.3 Å². The third kappa shape index (κ3) is 7.87. The van der Waals surface area contributed by atoms with Gasteiger partial charge in [0.2, 0.25) is 0 Å². The molecule has 1 N–H and O–H groups in total. The van der Waals surface area contributed by atoms with Crippen molar-refractivity contribution in [1.29, 1.82) is 0 Å². The van der Waals surface area contributed by atoms with Gasteiger partial charge in [0.25, 0.3) is 15.9 Å². The quantitative estimate of drug-likeness (QED) is 0.232. The van der Waals surface area contributed by atoms with Crippen molar-refractivity contribution >= 4 is 27.6 Å². The number of carbonyl (C=O) groups excluding carboxylic acids is 2. The lowest BCUT2D eigenvalue weighted by Gasteiger charge is -2.26. The first-order chi connectivity index (χ1) is 22.7. The predicted molar refractivity (Wildman–Crippen MR) is 183 cm³/mol. The summed E-state index contributed by atoms with van der Waals surface area (Å²) in [7, 11) is 2.62. The number of methoxy groups -OCH3 is 2. The van der Waals surface area contributed by atoms with Crippen molar-refractivity contribution in [3.05, 3.63) is 76.9 Å². The lowest BCUT2D eigenvalue weighted by molar-refractivity contribution is 0.00661. The first-order valence-electron chi connectivity index (χ1n) is 16.0. The minimum Gasteiger partial charge on any atom is -0.497 e. The van der Waals surface area contributed by atoms with Crippen molar-refractivity contribution < 1.29 is 37.0 Å². The van der Waals surface area contributed by atoms with E-state index in [1.807, 2.05) is 25.1 Å². The first kappa shape index (κ1) is 35.0. The van der Waals surface area contributed by atoms with Crippen LogP contribution in [0.3, 0.4) is 0 Å². The highest BCUT2D eigenvalue weighted by Crippen LogP contribution is 2.55. The maximum Gasteiger partial charge on any atom is 0.344 e. The summed E-state index contributed by atoms with van der Waals surface area (Å²) in [6, 6.07) is 14.8. The highest BCUT2D eigenvalue weighted by Gasteiger charge is 2.46. The second-order valence-corrected chi connectivity index (χ2v) is 15.1. The average Bonchev–Trinajstić information content (AvgIpc) is 3.83. The summed E-state index contributed by atoms with van der Waals surface area (Å²) in [6.07, 6.45) is 1.61. The van der Waals surface area contributed by atoms with Crippen LogP contribution in [0.4, 0.5) is 5.69 Å². The molecule has 1 amide bonds. The Morgan fingerprint density at radius 1 is 1.00 bits per heavy atom. The van der Waals surface area contributed by atoms with Crippen LogP contribution < -0.4 is 18.9 Å². The molecule has 258 valence electrons. The molecule has 1 saturated carbocycles. The number of carbonyl (C=O) groups is 2. The zero-order valence-corrected chi connectivity index (χ0v) is 29.5. The second kappa shape index (κ2) is 14.1. The first-order valence-corrected chi connectivity index (χ1v) is 17.5. The number of benzene rings is 3. The van der Waals surface area contributed by atoms with Gasteiger partial charge in [-0.3, -0.25) is 9.52 Å². The van der Waals surface area contributed by atoms with E-state index in [0.717, 1.165) is 24.1 Å². The summed E-state index contributed by atoms with van der Waals surface area (Å²) in [5, 5.41) is 0. The molecule has 1 aliphatic carbocycles. The monoisotopic (exact) mass is 679 g/mol. The molecule has 11 nitrogen and oxygen atoms in total. The number of rotatable bonds is 13. The molecule has 0 spiro atoms. The number of sulfonamides is 1. The topological polar surface area (TPSA) is 124 Å². The van der Waals surface area contributed by atoms with E-state index < -0.39 is 27.5 Å². The average molecular weight is 680 g/mol. The Hall–Kier alpha value is -4.29. The van der Waals surface area contributed by atoms with Gasteiger partial charge in [-0.1, -0.05) is 18.2 Å². The fourth-order valence-corrected chi connectivity index (χ4v) is 7.20. The van der Waals surface area contributed by atoms with Crippen LogP contribution in [-0.4, -0.2) is 83.7 Å². The highest BCUT2D eigenvalue weighted by atomic mass is 32.2. The molecule has 1 aliphatic heterocycles. The number of anilines is 1. The molecule has 0 radical (unpaired) electrons. The van der Waals surface area contributed by atoms with Gasteiger partial charge >= 0.3 is 5.97 Å². The normalized spacial score (nSPS) is 16.7. The zero-order chi connectivity index (χ0) is 34.8. The second-order valence-electron chi connectivity index (χ2n) is 13.5. The van der Waals surface area contributed by atoms with Gasteiger partial charge in [-0.25, -0.2) is 13.2 Å². The number of amides is 1. The van der Waals surface area contributed by atoms with Gasteiger partial charge in [0.15, 0.2) is 0 Å². The Morgan fingerprint density at radius 2 is 1.75 bits per heavy atom. The Kier molecular flexibility index (Phi) is 10.3. The zero-order valence-electron chi connectivity index (χ0n) is 28.7. The van der Waals surface area contributed by atoms with Crippen LogP contribution in [0.15, 0.2) is 59.5 Å². The number of hydrogen-bond donors (Lipinski definition) is 1. The summed E-state index contributed by atoms with van der Waals surface area (Å²) < 4.78 is 53.6. The van der Waals surface area contributed by atoms with Crippen molar-refractivity contribution in [2.45, 2.75) is 56.6 Å². The molecular weight excluding hydrogens is 634 g/mol. The predicted octanol–water partition coefficient (Wildman–Crippen LogP) is 5.55. The Labute approximate surface area is 283 Å². The maximum absolute atomic E-state index is 14.3. The molecule has 12 heteroatoms. The Bertz CT molecular complexity index is 1780. The minimum atomic E-state index is -4.39. The lowest BCUT2D eigenvalue weighted by atomic mass is 10.00. The van der Waals surface area contributed by atoms with Gasteiger partial charge in [-0.2, -0.15) is 0 Å². The van der Waals surface area contributed by atoms with Crippen molar-refractivity contribution in [2.75, 3.05) is 52.7 Å². The molecule has 2 atom stereocenters. The largest absolute Gasteiger partial charge is 0.497 e. The summed E-state index contributed by atoms with van der Waals surface area (Å²) in [6.45, 7) is 6.94. The van der Waals surface area contributed by atoms with Gasteiger partial charge in [0, 0.05) is 30.6 Å². The van der Waals surface area contributed by atoms with Crippen LogP contribution in [-0.2, 0) is 21.3 Å². The van der Waals surface area contributed by atoms with Gasteiger partial charge in [0.05, 0.1) is 32.1 Å². The standard InChI is InChI=1S/C36H45N3O8S/c1-36(2,3)47-35(41)32-29(16-15-26-28-19-24(28)22-46-33(26)32)37-48(42,43)31-12-9-8-11-27(31)34(40)39(18-10-17-38(4)5)21-23-13-14-25(44-6)20-30(23)45-7/h8-9,11-16,20,24,28,37H,10,17-19,21-22H2,1-7H3. The molecule has 1 heterocycles. The Balaban J connectivity index is 1.50. The van der Waals surface area contributed by atoms with Crippen LogP contribution >= 0.6 is 0 Å². The van der Waals surface area contributed by atoms with Crippen molar-refractivity contribution in [3.8, 4) is 17.2 Å². The van der Waals surface area contributed by atoms with E-state index in [2.05, 4.69) is 4.72 Å². The molecule has 3 aromatic rings. The molecule has 5 rings (SSSR count). The molecule has 1 fully saturated rings. The fourth-order valence-electron chi connectivity index (χ4n) is 5.93. The van der Waals surface area contributed by atoms with Gasteiger partial charge in [-0.15, -0.1) is 0 Å². The van der Waals surface area contributed by atoms with Crippen LogP contribution in [0, 0.1) is 5.92 Å². The SMILES string of the molecule is COc1ccc(CN(CCCN(C)C)C(=O)c2ccccc2S(=O)(=O)Nc2ccc3c(c2C(=O)OC(C)(C)C)OCC2CC32)c(OC)c1. The number of nitrogens with one attached hydrogen (secondary N) is 1. The number of ether oxygens (including phenoxy) is 4. The molecule has 0 saturated heterocycles. The van der Waals surface area contributed by atoms with Crippen molar-refractivity contribution in [2.24, 2.45) is 5.92 Å². The van der Waals surface area contributed by atoms with Crippen LogP contribution in [0.25, 0.3) is 0 Å². The molecule has 48 heavy (non-hydrogen) atoms. The van der Waals surface area contributed by atoms with Crippen molar-refractivity contribution in [1.82, 2.24) is 9.80 Å².